The molecular weight excluding hydrogens is 380 g/mol. The third kappa shape index (κ3) is 17.0. The minimum atomic E-state index is -0.0178. The van der Waals surface area contributed by atoms with E-state index in [2.05, 4.69) is 26.0 Å². The van der Waals surface area contributed by atoms with Crippen molar-refractivity contribution >= 4 is 5.97 Å². The lowest BCUT2D eigenvalue weighted by Crippen LogP contribution is -2.19. The highest BCUT2D eigenvalue weighted by molar-refractivity contribution is 5.69. The first kappa shape index (κ1) is 27.7. The molecule has 0 radical (unpaired) electrons. The van der Waals surface area contributed by atoms with Crippen LogP contribution >= 0.6 is 0 Å². The van der Waals surface area contributed by atoms with Crippen LogP contribution in [0.2, 0.25) is 0 Å². The van der Waals surface area contributed by atoms with Gasteiger partial charge in [0.15, 0.2) is 0 Å². The molecule has 0 saturated carbocycles. The number of aryl methyl sites for hydroxylation is 1. The fraction of sp³-hybridized carbons (Fsp3) is 0.759. The van der Waals surface area contributed by atoms with E-state index in [1.165, 1.54) is 102 Å². The monoisotopic (exact) mass is 430 g/mol. The maximum Gasteiger partial charge on any atom is 0.306 e. The maximum absolute atomic E-state index is 12.4. The van der Waals surface area contributed by atoms with Crippen LogP contribution in [-0.4, -0.2) is 12.1 Å². The molecule has 1 unspecified atom stereocenters. The topological polar surface area (TPSA) is 26.3 Å². The van der Waals surface area contributed by atoms with E-state index < -0.39 is 0 Å². The normalized spacial score (nSPS) is 12.1. The second kappa shape index (κ2) is 20.6. The van der Waals surface area contributed by atoms with E-state index in [1.54, 1.807) is 0 Å². The number of esters is 1. The molecule has 0 saturated heterocycles. The van der Waals surface area contributed by atoms with Gasteiger partial charge in [0, 0.05) is 6.42 Å². The molecule has 1 aromatic carbocycles. The van der Waals surface area contributed by atoms with Crippen molar-refractivity contribution in [3.8, 4) is 0 Å². The Balaban J connectivity index is 2.25. The van der Waals surface area contributed by atoms with Gasteiger partial charge in [-0.1, -0.05) is 128 Å². The molecule has 0 aliphatic carbocycles. The van der Waals surface area contributed by atoms with Gasteiger partial charge in [-0.15, -0.1) is 0 Å². The van der Waals surface area contributed by atoms with Gasteiger partial charge in [0.25, 0.3) is 0 Å². The van der Waals surface area contributed by atoms with Crippen LogP contribution in [0.15, 0.2) is 30.3 Å². The number of hydrogen-bond donors (Lipinski definition) is 0. The van der Waals surface area contributed by atoms with Crippen molar-refractivity contribution in [2.45, 2.75) is 142 Å². The van der Waals surface area contributed by atoms with Crippen LogP contribution in [0, 0.1) is 0 Å². The Morgan fingerprint density at radius 3 is 1.61 bits per heavy atom. The van der Waals surface area contributed by atoms with Crippen LogP contribution in [0.4, 0.5) is 0 Å². The van der Waals surface area contributed by atoms with Crippen molar-refractivity contribution in [1.29, 1.82) is 0 Å². The van der Waals surface area contributed by atoms with Crippen LogP contribution in [0.3, 0.4) is 0 Å². The van der Waals surface area contributed by atoms with E-state index in [1.807, 2.05) is 18.2 Å². The smallest absolute Gasteiger partial charge is 0.306 e. The Kier molecular flexibility index (Phi) is 18.4. The van der Waals surface area contributed by atoms with E-state index in [4.69, 9.17) is 4.74 Å². The fourth-order valence-electron chi connectivity index (χ4n) is 4.23. The van der Waals surface area contributed by atoms with Gasteiger partial charge in [-0.3, -0.25) is 4.79 Å². The lowest BCUT2D eigenvalue weighted by Gasteiger charge is -2.18. The average Bonchev–Trinajstić information content (AvgIpc) is 2.79. The molecule has 0 aliphatic heterocycles. The van der Waals surface area contributed by atoms with E-state index in [-0.39, 0.29) is 12.1 Å². The lowest BCUT2D eigenvalue weighted by molar-refractivity contribution is -0.149. The zero-order chi connectivity index (χ0) is 22.4. The Morgan fingerprint density at radius 2 is 1.13 bits per heavy atom. The Bertz CT molecular complexity index is 511. The average molecular weight is 431 g/mol. The Hall–Kier alpha value is -1.31. The highest BCUT2D eigenvalue weighted by atomic mass is 16.5. The number of hydrogen-bond acceptors (Lipinski definition) is 2. The predicted octanol–water partition coefficient (Wildman–Crippen LogP) is 9.20. The summed E-state index contributed by atoms with van der Waals surface area (Å²) in [7, 11) is 0. The summed E-state index contributed by atoms with van der Waals surface area (Å²) in [6.07, 6.45) is 23.3. The first-order valence-electron chi connectivity index (χ1n) is 13.5. The van der Waals surface area contributed by atoms with Gasteiger partial charge in [0.2, 0.25) is 0 Å². The molecule has 0 spiro atoms. The van der Waals surface area contributed by atoms with Crippen LogP contribution in [-0.2, 0) is 16.0 Å². The highest BCUT2D eigenvalue weighted by Crippen LogP contribution is 2.18. The zero-order valence-corrected chi connectivity index (χ0v) is 20.7. The van der Waals surface area contributed by atoms with Gasteiger partial charge in [0.05, 0.1) is 0 Å². The molecule has 2 heteroatoms. The van der Waals surface area contributed by atoms with Crippen LogP contribution in [0.1, 0.15) is 135 Å². The minimum absolute atomic E-state index is 0.0178. The standard InChI is InChI=1S/C29H50O2/c1-3-5-7-9-11-12-13-15-20-24-28(23-19-14-10-8-6-4-2)31-29(30)26-25-27-21-17-16-18-22-27/h16-18,21-22,28H,3-15,19-20,23-26H2,1-2H3. The number of ether oxygens (including phenoxy) is 1. The summed E-state index contributed by atoms with van der Waals surface area (Å²) >= 11 is 0. The molecule has 0 N–H and O–H groups in total. The van der Waals surface area contributed by atoms with Crippen molar-refractivity contribution in [3.63, 3.8) is 0 Å². The summed E-state index contributed by atoms with van der Waals surface area (Å²) in [5.41, 5.74) is 1.21. The van der Waals surface area contributed by atoms with Crippen molar-refractivity contribution in [1.82, 2.24) is 0 Å². The van der Waals surface area contributed by atoms with E-state index >= 15 is 0 Å². The molecule has 1 atom stereocenters. The van der Waals surface area contributed by atoms with Crippen molar-refractivity contribution in [2.24, 2.45) is 0 Å². The van der Waals surface area contributed by atoms with Gasteiger partial charge >= 0.3 is 5.97 Å². The summed E-state index contributed by atoms with van der Waals surface area (Å²) in [6.45, 7) is 4.53. The second-order valence-electron chi connectivity index (χ2n) is 9.27. The summed E-state index contributed by atoms with van der Waals surface area (Å²) in [5.74, 6) is -0.0178. The Morgan fingerprint density at radius 1 is 0.677 bits per heavy atom. The number of carbonyl (C=O) groups excluding carboxylic acids is 1. The molecule has 0 aliphatic rings. The molecule has 1 aromatic rings. The van der Waals surface area contributed by atoms with Gasteiger partial charge in [-0.25, -0.2) is 0 Å². The number of rotatable bonds is 21. The molecular formula is C29H50O2. The molecule has 0 bridgehead atoms. The first-order valence-corrected chi connectivity index (χ1v) is 13.5. The SMILES string of the molecule is CCCCCCCCCCCC(CCCCCCCC)OC(=O)CCc1ccccc1. The third-order valence-electron chi connectivity index (χ3n) is 6.27. The highest BCUT2D eigenvalue weighted by Gasteiger charge is 2.14. The third-order valence-corrected chi connectivity index (χ3v) is 6.27. The molecule has 31 heavy (non-hydrogen) atoms. The van der Waals surface area contributed by atoms with Crippen LogP contribution < -0.4 is 0 Å². The number of unbranched alkanes of at least 4 members (excludes halogenated alkanes) is 13. The summed E-state index contributed by atoms with van der Waals surface area (Å²) < 4.78 is 5.93. The van der Waals surface area contributed by atoms with Crippen molar-refractivity contribution in [3.05, 3.63) is 35.9 Å². The molecule has 0 fully saturated rings. The first-order chi connectivity index (χ1) is 15.3. The van der Waals surface area contributed by atoms with Gasteiger partial charge in [0.1, 0.15) is 6.10 Å². The van der Waals surface area contributed by atoms with Gasteiger partial charge in [-0.2, -0.15) is 0 Å². The molecule has 2 nitrogen and oxygen atoms in total. The van der Waals surface area contributed by atoms with E-state index in [9.17, 15) is 4.79 Å². The molecule has 1 rings (SSSR count). The largest absolute Gasteiger partial charge is 0.462 e. The predicted molar refractivity (Wildman–Crippen MR) is 134 cm³/mol. The minimum Gasteiger partial charge on any atom is -0.462 e. The molecule has 0 heterocycles. The molecule has 0 aromatic heterocycles. The molecule has 178 valence electrons. The number of benzene rings is 1. The summed E-state index contributed by atoms with van der Waals surface area (Å²) in [6, 6.07) is 10.3. The van der Waals surface area contributed by atoms with Gasteiger partial charge in [-0.05, 0) is 37.7 Å². The van der Waals surface area contributed by atoms with Crippen molar-refractivity contribution < 1.29 is 9.53 Å². The number of carbonyl (C=O) groups is 1. The van der Waals surface area contributed by atoms with Gasteiger partial charge < -0.3 is 4.74 Å². The van der Waals surface area contributed by atoms with Crippen LogP contribution in [0.25, 0.3) is 0 Å². The Labute approximate surface area is 193 Å². The summed E-state index contributed by atoms with van der Waals surface area (Å²) in [5, 5.41) is 0. The van der Waals surface area contributed by atoms with Crippen molar-refractivity contribution in [2.75, 3.05) is 0 Å². The van der Waals surface area contributed by atoms with Crippen LogP contribution in [0.5, 0.6) is 0 Å². The van der Waals surface area contributed by atoms with E-state index in [0.717, 1.165) is 19.3 Å². The van der Waals surface area contributed by atoms with E-state index in [0.29, 0.717) is 6.42 Å². The fourth-order valence-corrected chi connectivity index (χ4v) is 4.23. The maximum atomic E-state index is 12.4. The lowest BCUT2D eigenvalue weighted by atomic mass is 10.0. The molecule has 0 amide bonds. The second-order valence-corrected chi connectivity index (χ2v) is 9.27. The zero-order valence-electron chi connectivity index (χ0n) is 20.7. The quantitative estimate of drug-likeness (QED) is 0.143. The summed E-state index contributed by atoms with van der Waals surface area (Å²) in [4.78, 5) is 12.4.